The Labute approximate surface area is 104 Å². The van der Waals surface area contributed by atoms with Gasteiger partial charge >= 0.3 is 0 Å². The van der Waals surface area contributed by atoms with Crippen LogP contribution in [0.4, 0.5) is 0 Å². The van der Waals surface area contributed by atoms with Crippen LogP contribution in [0.15, 0.2) is 0 Å². The second-order valence-electron chi connectivity index (χ2n) is 4.33. The van der Waals surface area contributed by atoms with Gasteiger partial charge in [-0.25, -0.2) is 0 Å². The number of carbonyl (C=O) groups excluding carboxylic acids is 1. The first-order valence-electron chi connectivity index (χ1n) is 5.78. The third kappa shape index (κ3) is 2.52. The summed E-state index contributed by atoms with van der Waals surface area (Å²) in [7, 11) is 0. The van der Waals surface area contributed by atoms with Gasteiger partial charge in [0.1, 0.15) is 0 Å². The summed E-state index contributed by atoms with van der Waals surface area (Å²) in [5.74, 6) is 1.52. The van der Waals surface area contributed by atoms with Gasteiger partial charge in [0.15, 0.2) is 0 Å². The number of halogens is 1. The molecule has 0 spiro atoms. The summed E-state index contributed by atoms with van der Waals surface area (Å²) in [6, 6.07) is 0.532. The van der Waals surface area contributed by atoms with E-state index in [1.54, 1.807) is 0 Å². The van der Waals surface area contributed by atoms with Crippen molar-refractivity contribution in [2.45, 2.75) is 48.7 Å². The third-order valence-corrected chi connectivity index (χ3v) is 5.46. The maximum atomic E-state index is 11.8. The highest BCUT2D eigenvalue weighted by Gasteiger charge is 2.37. The van der Waals surface area contributed by atoms with E-state index in [1.165, 1.54) is 25.0 Å². The Bertz CT molecular complexity index is 249. The topological polar surface area (TPSA) is 20.3 Å². The van der Waals surface area contributed by atoms with E-state index in [0.717, 1.165) is 18.2 Å². The first kappa shape index (κ1) is 11.8. The average Bonchev–Trinajstić information content (AvgIpc) is 2.77. The standard InChI is InChI=1S/C11H18BrNOS/c1-2-15-9-4-3-8(7-9)13-6-5-10(12)11(13)14/h8-10H,2-7H2,1H3. The molecule has 0 N–H and O–H groups in total. The zero-order valence-corrected chi connectivity index (χ0v) is 11.5. The van der Waals surface area contributed by atoms with Crippen molar-refractivity contribution in [3.05, 3.63) is 0 Å². The van der Waals surface area contributed by atoms with E-state index < -0.39 is 0 Å². The number of amides is 1. The first-order valence-corrected chi connectivity index (χ1v) is 7.75. The second kappa shape index (κ2) is 5.09. The van der Waals surface area contributed by atoms with Gasteiger partial charge in [-0.3, -0.25) is 4.79 Å². The lowest BCUT2D eigenvalue weighted by Crippen LogP contribution is -2.36. The number of alkyl halides is 1. The molecule has 15 heavy (non-hydrogen) atoms. The van der Waals surface area contributed by atoms with E-state index in [-0.39, 0.29) is 4.83 Å². The first-order chi connectivity index (χ1) is 7.22. The number of hydrogen-bond acceptors (Lipinski definition) is 2. The molecule has 4 heteroatoms. The molecule has 0 aromatic rings. The van der Waals surface area contributed by atoms with Crippen LogP contribution < -0.4 is 0 Å². The Morgan fingerprint density at radius 2 is 2.27 bits per heavy atom. The molecule has 1 aliphatic carbocycles. The van der Waals surface area contributed by atoms with Crippen LogP contribution in [-0.4, -0.2) is 39.2 Å². The fraction of sp³-hybridized carbons (Fsp3) is 0.909. The second-order valence-corrected chi connectivity index (χ2v) is 7.01. The van der Waals surface area contributed by atoms with Crippen molar-refractivity contribution in [3.63, 3.8) is 0 Å². The largest absolute Gasteiger partial charge is 0.339 e. The summed E-state index contributed by atoms with van der Waals surface area (Å²) in [4.78, 5) is 14.0. The van der Waals surface area contributed by atoms with Gasteiger partial charge in [0.2, 0.25) is 5.91 Å². The van der Waals surface area contributed by atoms with E-state index in [9.17, 15) is 4.79 Å². The van der Waals surface area contributed by atoms with Crippen LogP contribution in [0.3, 0.4) is 0 Å². The molecule has 0 bridgehead atoms. The van der Waals surface area contributed by atoms with Gasteiger partial charge in [-0.2, -0.15) is 11.8 Å². The summed E-state index contributed by atoms with van der Waals surface area (Å²) in [5.41, 5.74) is 0. The Morgan fingerprint density at radius 1 is 1.47 bits per heavy atom. The van der Waals surface area contributed by atoms with Gasteiger partial charge in [-0.15, -0.1) is 0 Å². The van der Waals surface area contributed by atoms with Crippen molar-refractivity contribution < 1.29 is 4.79 Å². The minimum atomic E-state index is 0.0929. The monoisotopic (exact) mass is 291 g/mol. The van der Waals surface area contributed by atoms with E-state index >= 15 is 0 Å². The molecule has 2 fully saturated rings. The molecule has 0 aromatic carbocycles. The van der Waals surface area contributed by atoms with Crippen LogP contribution in [0.2, 0.25) is 0 Å². The number of nitrogens with zero attached hydrogens (tertiary/aromatic N) is 1. The molecule has 1 saturated carbocycles. The number of carbonyl (C=O) groups is 1. The molecule has 0 radical (unpaired) electrons. The fourth-order valence-corrected chi connectivity index (χ4v) is 4.22. The maximum absolute atomic E-state index is 11.8. The van der Waals surface area contributed by atoms with E-state index in [0.29, 0.717) is 11.9 Å². The van der Waals surface area contributed by atoms with Crippen molar-refractivity contribution in [2.24, 2.45) is 0 Å². The molecule has 3 atom stereocenters. The van der Waals surface area contributed by atoms with Crippen LogP contribution in [-0.2, 0) is 4.79 Å². The van der Waals surface area contributed by atoms with Crippen LogP contribution in [0.25, 0.3) is 0 Å². The summed E-state index contributed by atoms with van der Waals surface area (Å²) >= 11 is 5.49. The number of likely N-dealkylation sites (tertiary alicyclic amines) is 1. The van der Waals surface area contributed by atoms with Gasteiger partial charge in [0.25, 0.3) is 0 Å². The average molecular weight is 292 g/mol. The summed E-state index contributed by atoms with van der Waals surface area (Å²) in [6.45, 7) is 3.18. The smallest absolute Gasteiger partial charge is 0.236 e. The minimum Gasteiger partial charge on any atom is -0.339 e. The quantitative estimate of drug-likeness (QED) is 0.745. The molecule has 1 saturated heterocycles. The molecule has 2 aliphatic rings. The van der Waals surface area contributed by atoms with E-state index in [1.807, 2.05) is 0 Å². The van der Waals surface area contributed by atoms with Crippen molar-refractivity contribution in [1.29, 1.82) is 0 Å². The van der Waals surface area contributed by atoms with Crippen LogP contribution in [0.5, 0.6) is 0 Å². The van der Waals surface area contributed by atoms with Gasteiger partial charge in [0, 0.05) is 17.8 Å². The predicted octanol–water partition coefficient (Wildman–Crippen LogP) is 2.66. The number of rotatable bonds is 3. The molecule has 86 valence electrons. The zero-order chi connectivity index (χ0) is 10.8. The van der Waals surface area contributed by atoms with Crippen molar-refractivity contribution >= 4 is 33.6 Å². The Morgan fingerprint density at radius 3 is 2.87 bits per heavy atom. The lowest BCUT2D eigenvalue weighted by Gasteiger charge is -2.24. The third-order valence-electron chi connectivity index (χ3n) is 3.37. The Balaban J connectivity index is 1.88. The normalized spacial score (nSPS) is 36.5. The molecular weight excluding hydrogens is 274 g/mol. The zero-order valence-electron chi connectivity index (χ0n) is 9.12. The fourth-order valence-electron chi connectivity index (χ4n) is 2.62. The van der Waals surface area contributed by atoms with Gasteiger partial charge in [0.05, 0.1) is 4.83 Å². The number of hydrogen-bond donors (Lipinski definition) is 0. The molecule has 2 rings (SSSR count). The van der Waals surface area contributed by atoms with Crippen LogP contribution >= 0.6 is 27.7 Å². The maximum Gasteiger partial charge on any atom is 0.236 e. The minimum absolute atomic E-state index is 0.0929. The lowest BCUT2D eigenvalue weighted by atomic mass is 10.2. The molecule has 2 nitrogen and oxygen atoms in total. The molecule has 1 amide bonds. The summed E-state index contributed by atoms with van der Waals surface area (Å²) in [6.07, 6.45) is 4.70. The van der Waals surface area contributed by atoms with Gasteiger partial charge in [-0.1, -0.05) is 22.9 Å². The van der Waals surface area contributed by atoms with E-state index in [4.69, 9.17) is 0 Å². The number of thioether (sulfide) groups is 1. The molecule has 1 heterocycles. The highest BCUT2D eigenvalue weighted by atomic mass is 79.9. The SMILES string of the molecule is CCSC1CCC(N2CCC(Br)C2=O)C1. The Kier molecular flexibility index (Phi) is 3.99. The predicted molar refractivity (Wildman–Crippen MR) is 68.6 cm³/mol. The van der Waals surface area contributed by atoms with Crippen molar-refractivity contribution in [3.8, 4) is 0 Å². The highest BCUT2D eigenvalue weighted by Crippen LogP contribution is 2.35. The molecule has 1 aliphatic heterocycles. The summed E-state index contributed by atoms with van der Waals surface area (Å²) in [5, 5.41) is 0.794. The van der Waals surface area contributed by atoms with Gasteiger partial charge in [-0.05, 0) is 31.4 Å². The van der Waals surface area contributed by atoms with Crippen molar-refractivity contribution in [2.75, 3.05) is 12.3 Å². The lowest BCUT2D eigenvalue weighted by molar-refractivity contribution is -0.129. The molecular formula is C11H18BrNOS. The van der Waals surface area contributed by atoms with Crippen LogP contribution in [0.1, 0.15) is 32.6 Å². The summed E-state index contributed by atoms with van der Waals surface area (Å²) < 4.78 is 0. The van der Waals surface area contributed by atoms with Crippen molar-refractivity contribution in [1.82, 2.24) is 4.90 Å². The molecule has 0 aromatic heterocycles. The van der Waals surface area contributed by atoms with Crippen LogP contribution in [0, 0.1) is 0 Å². The molecule has 3 unspecified atom stereocenters. The van der Waals surface area contributed by atoms with Gasteiger partial charge < -0.3 is 4.90 Å². The Hall–Kier alpha value is 0.300. The van der Waals surface area contributed by atoms with E-state index in [2.05, 4.69) is 39.5 Å². The highest BCUT2D eigenvalue weighted by molar-refractivity contribution is 9.10.